The van der Waals surface area contributed by atoms with E-state index in [1.54, 1.807) is 4.90 Å². The number of nitrogens with zero attached hydrogens (tertiary/aromatic N) is 1. The molecule has 1 heterocycles. The van der Waals surface area contributed by atoms with E-state index >= 15 is 0 Å². The predicted molar refractivity (Wildman–Crippen MR) is 104 cm³/mol. The molecule has 1 amide bonds. The number of esters is 1. The molecular weight excluding hydrogens is 386 g/mol. The van der Waals surface area contributed by atoms with E-state index in [0.717, 1.165) is 30.6 Å². The van der Waals surface area contributed by atoms with Crippen LogP contribution in [-0.2, 0) is 24.2 Å². The summed E-state index contributed by atoms with van der Waals surface area (Å²) in [6.07, 6.45) is 4.34. The fourth-order valence-electron chi connectivity index (χ4n) is 3.80. The van der Waals surface area contributed by atoms with Crippen molar-refractivity contribution < 1.29 is 22.7 Å². The van der Waals surface area contributed by atoms with Crippen molar-refractivity contribution in [1.82, 2.24) is 4.90 Å². The number of ether oxygens (including phenoxy) is 1. The first-order valence-electron chi connectivity index (χ1n) is 9.30. The number of amides is 1. The quantitative estimate of drug-likeness (QED) is 0.506. The van der Waals surface area contributed by atoms with Crippen molar-refractivity contribution in [3.63, 3.8) is 0 Å². The molecule has 1 atom stereocenters. The predicted octanol–water partition coefficient (Wildman–Crippen LogP) is 2.28. The molecule has 0 radical (unpaired) electrons. The topological polar surface area (TPSA) is 80.8 Å². The second kappa shape index (κ2) is 9.10. The average molecular weight is 412 g/mol. The Morgan fingerprint density at radius 1 is 1.07 bits per heavy atom. The zero-order valence-corrected chi connectivity index (χ0v) is 16.8. The van der Waals surface area contributed by atoms with Crippen molar-refractivity contribution in [2.45, 2.75) is 49.1 Å². The van der Waals surface area contributed by atoms with Gasteiger partial charge in [-0.1, -0.05) is 31.0 Å². The molecule has 1 saturated heterocycles. The van der Waals surface area contributed by atoms with E-state index in [1.807, 2.05) is 30.3 Å². The molecule has 0 N–H and O–H groups in total. The van der Waals surface area contributed by atoms with Gasteiger partial charge in [0.2, 0.25) is 0 Å². The summed E-state index contributed by atoms with van der Waals surface area (Å²) in [6, 6.07) is 9.29. The minimum absolute atomic E-state index is 0.0209. The van der Waals surface area contributed by atoms with Crippen LogP contribution in [-0.4, -0.2) is 61.1 Å². The largest absolute Gasteiger partial charge is 0.455 e. The van der Waals surface area contributed by atoms with Crippen LogP contribution in [0.25, 0.3) is 0 Å². The molecule has 1 aliphatic carbocycles. The van der Waals surface area contributed by atoms with Crippen molar-refractivity contribution in [1.29, 1.82) is 0 Å². The monoisotopic (exact) mass is 411 g/mol. The van der Waals surface area contributed by atoms with E-state index in [9.17, 15) is 18.0 Å². The number of benzene rings is 1. The molecule has 3 rings (SSSR count). The summed E-state index contributed by atoms with van der Waals surface area (Å²) < 4.78 is 28.9. The fraction of sp³-hybridized carbons (Fsp3) is 0.579. The van der Waals surface area contributed by atoms with E-state index in [0.29, 0.717) is 6.42 Å². The summed E-state index contributed by atoms with van der Waals surface area (Å²) in [5.41, 5.74) is 0. The van der Waals surface area contributed by atoms with E-state index in [1.165, 1.54) is 11.8 Å². The molecule has 0 bridgehead atoms. The van der Waals surface area contributed by atoms with Crippen LogP contribution in [0.2, 0.25) is 0 Å². The minimum atomic E-state index is -3.08. The summed E-state index contributed by atoms with van der Waals surface area (Å²) in [4.78, 5) is 27.4. The van der Waals surface area contributed by atoms with E-state index in [4.69, 9.17) is 4.74 Å². The van der Waals surface area contributed by atoms with Gasteiger partial charge in [0, 0.05) is 17.0 Å². The zero-order chi connectivity index (χ0) is 19.3. The molecule has 0 unspecified atom stereocenters. The number of thioether (sulfide) groups is 1. The Morgan fingerprint density at radius 2 is 1.78 bits per heavy atom. The van der Waals surface area contributed by atoms with Crippen molar-refractivity contribution >= 4 is 33.5 Å². The van der Waals surface area contributed by atoms with Crippen LogP contribution in [0.5, 0.6) is 0 Å². The SMILES string of the molecule is O=C(CSc1ccccc1)OCC(=O)N(C1CCCC1)[C@@H]1CCS(=O)(=O)C1. The normalized spacial score (nSPS) is 21.9. The number of rotatable bonds is 7. The highest BCUT2D eigenvalue weighted by Gasteiger charge is 2.39. The Labute approximate surface area is 164 Å². The summed E-state index contributed by atoms with van der Waals surface area (Å²) in [5.74, 6) is -0.433. The second-order valence-corrected chi connectivity index (χ2v) is 10.3. The van der Waals surface area contributed by atoms with Crippen LogP contribution in [0.1, 0.15) is 32.1 Å². The molecule has 1 aromatic rings. The summed E-state index contributed by atoms with van der Waals surface area (Å²) in [7, 11) is -3.08. The molecule has 8 heteroatoms. The number of carbonyl (C=O) groups is 2. The first-order valence-corrected chi connectivity index (χ1v) is 12.1. The molecule has 2 aliphatic rings. The third kappa shape index (κ3) is 5.72. The van der Waals surface area contributed by atoms with Gasteiger partial charge in [-0.3, -0.25) is 9.59 Å². The molecule has 2 fully saturated rings. The number of hydrogen-bond donors (Lipinski definition) is 0. The van der Waals surface area contributed by atoms with Gasteiger partial charge in [0.15, 0.2) is 16.4 Å². The molecule has 0 aromatic heterocycles. The molecule has 1 aromatic carbocycles. The molecule has 0 spiro atoms. The van der Waals surface area contributed by atoms with Crippen LogP contribution in [0.15, 0.2) is 35.2 Å². The number of sulfone groups is 1. The van der Waals surface area contributed by atoms with Gasteiger partial charge in [0.25, 0.3) is 5.91 Å². The van der Waals surface area contributed by atoms with Gasteiger partial charge in [-0.2, -0.15) is 0 Å². The maximum atomic E-state index is 12.8. The fourth-order valence-corrected chi connectivity index (χ4v) is 6.23. The highest BCUT2D eigenvalue weighted by molar-refractivity contribution is 8.00. The van der Waals surface area contributed by atoms with Crippen LogP contribution in [0.3, 0.4) is 0 Å². The smallest absolute Gasteiger partial charge is 0.316 e. The lowest BCUT2D eigenvalue weighted by molar-refractivity contribution is -0.152. The maximum Gasteiger partial charge on any atom is 0.316 e. The second-order valence-electron chi connectivity index (χ2n) is 7.06. The lowest BCUT2D eigenvalue weighted by Gasteiger charge is -2.33. The molecule has 6 nitrogen and oxygen atoms in total. The number of hydrogen-bond acceptors (Lipinski definition) is 6. The van der Waals surface area contributed by atoms with Gasteiger partial charge >= 0.3 is 5.97 Å². The first-order chi connectivity index (χ1) is 12.9. The van der Waals surface area contributed by atoms with Crippen LogP contribution >= 0.6 is 11.8 Å². The Balaban J connectivity index is 1.53. The van der Waals surface area contributed by atoms with Crippen LogP contribution in [0.4, 0.5) is 0 Å². The van der Waals surface area contributed by atoms with Gasteiger partial charge in [0.1, 0.15) is 0 Å². The van der Waals surface area contributed by atoms with E-state index < -0.39 is 15.8 Å². The standard InChI is InChI=1S/C19H25NO5S2/c21-18(12-25-19(22)13-26-17-8-2-1-3-9-17)20(15-6-4-5-7-15)16-10-11-27(23,24)14-16/h1-3,8-9,15-16H,4-7,10-14H2/t16-/m1/s1. The Hall–Kier alpha value is -1.54. The number of carbonyl (C=O) groups excluding carboxylic acids is 2. The lowest BCUT2D eigenvalue weighted by Crippen LogP contribution is -2.48. The maximum absolute atomic E-state index is 12.8. The highest BCUT2D eigenvalue weighted by Crippen LogP contribution is 2.29. The third-order valence-electron chi connectivity index (χ3n) is 5.06. The van der Waals surface area contributed by atoms with Gasteiger partial charge < -0.3 is 9.64 Å². The Morgan fingerprint density at radius 3 is 2.41 bits per heavy atom. The van der Waals surface area contributed by atoms with Crippen molar-refractivity contribution in [3.05, 3.63) is 30.3 Å². The molecule has 1 aliphatic heterocycles. The summed E-state index contributed by atoms with van der Waals surface area (Å²) >= 11 is 1.36. The Kier molecular flexibility index (Phi) is 6.81. The zero-order valence-electron chi connectivity index (χ0n) is 15.2. The molecular formula is C19H25NO5S2. The third-order valence-corrected chi connectivity index (χ3v) is 7.80. The van der Waals surface area contributed by atoms with Crippen LogP contribution in [0, 0.1) is 0 Å². The minimum Gasteiger partial charge on any atom is -0.455 e. The van der Waals surface area contributed by atoms with Gasteiger partial charge in [-0.05, 0) is 31.4 Å². The van der Waals surface area contributed by atoms with Crippen molar-refractivity contribution in [3.8, 4) is 0 Å². The highest BCUT2D eigenvalue weighted by atomic mass is 32.2. The van der Waals surface area contributed by atoms with Gasteiger partial charge in [-0.25, -0.2) is 8.42 Å². The van der Waals surface area contributed by atoms with Crippen LogP contribution < -0.4 is 0 Å². The molecule has 27 heavy (non-hydrogen) atoms. The average Bonchev–Trinajstić information content (AvgIpc) is 3.29. The lowest BCUT2D eigenvalue weighted by atomic mass is 10.1. The van der Waals surface area contributed by atoms with Gasteiger partial charge in [0.05, 0.1) is 17.3 Å². The molecule has 148 valence electrons. The van der Waals surface area contributed by atoms with Crippen molar-refractivity contribution in [2.75, 3.05) is 23.9 Å². The summed E-state index contributed by atoms with van der Waals surface area (Å²) in [5, 5.41) is 0. The summed E-state index contributed by atoms with van der Waals surface area (Å²) in [6.45, 7) is -0.318. The van der Waals surface area contributed by atoms with Crippen molar-refractivity contribution in [2.24, 2.45) is 0 Å². The van der Waals surface area contributed by atoms with Gasteiger partial charge in [-0.15, -0.1) is 11.8 Å². The molecule has 1 saturated carbocycles. The van der Waals surface area contributed by atoms with E-state index in [2.05, 4.69) is 0 Å². The first kappa shape index (κ1) is 20.2. The Bertz CT molecular complexity index is 760. The van der Waals surface area contributed by atoms with E-state index in [-0.39, 0.29) is 41.9 Å².